The summed E-state index contributed by atoms with van der Waals surface area (Å²) in [5.74, 6) is -0.402. The lowest BCUT2D eigenvalue weighted by atomic mass is 10.1. The zero-order chi connectivity index (χ0) is 20.7. The number of hydrazone groups is 1. The highest BCUT2D eigenvalue weighted by Gasteiger charge is 2.30. The number of alkyl halides is 3. The fourth-order valence-electron chi connectivity index (χ4n) is 2.31. The van der Waals surface area contributed by atoms with Gasteiger partial charge in [0.25, 0.3) is 5.91 Å². The van der Waals surface area contributed by atoms with Crippen molar-refractivity contribution in [2.24, 2.45) is 11.0 Å². The van der Waals surface area contributed by atoms with Crippen molar-refractivity contribution in [2.45, 2.75) is 26.4 Å². The van der Waals surface area contributed by atoms with Crippen LogP contribution in [0.15, 0.2) is 53.6 Å². The molecule has 2 N–H and O–H groups in total. The highest BCUT2D eigenvalue weighted by Crippen LogP contribution is 2.29. The minimum absolute atomic E-state index is 0.113. The van der Waals surface area contributed by atoms with Crippen molar-refractivity contribution in [1.82, 2.24) is 5.43 Å². The molecule has 8 heteroatoms. The molecule has 2 aromatic rings. The van der Waals surface area contributed by atoms with Crippen molar-refractivity contribution in [2.75, 3.05) is 5.32 Å². The summed E-state index contributed by atoms with van der Waals surface area (Å²) in [5.41, 5.74) is 2.53. The molecule has 0 aromatic heterocycles. The van der Waals surface area contributed by atoms with Crippen molar-refractivity contribution in [3.05, 3.63) is 65.2 Å². The summed E-state index contributed by atoms with van der Waals surface area (Å²) in [6, 6.07) is 10.8. The molecular formula is C20H20F3N3O2. The maximum absolute atomic E-state index is 12.7. The van der Waals surface area contributed by atoms with E-state index in [2.05, 4.69) is 15.8 Å². The summed E-state index contributed by atoms with van der Waals surface area (Å²) in [5, 5.41) is 6.41. The van der Waals surface area contributed by atoms with E-state index in [-0.39, 0.29) is 17.4 Å². The Balaban J connectivity index is 1.94. The van der Waals surface area contributed by atoms with Gasteiger partial charge in [-0.2, -0.15) is 18.3 Å². The molecule has 0 aliphatic heterocycles. The highest BCUT2D eigenvalue weighted by atomic mass is 19.4. The number of hydrogen-bond donors (Lipinski definition) is 2. The van der Waals surface area contributed by atoms with Crippen molar-refractivity contribution in [3.63, 3.8) is 0 Å². The van der Waals surface area contributed by atoms with E-state index in [9.17, 15) is 22.8 Å². The van der Waals surface area contributed by atoms with Crippen LogP contribution < -0.4 is 10.7 Å². The van der Waals surface area contributed by atoms with Gasteiger partial charge in [0.15, 0.2) is 0 Å². The van der Waals surface area contributed by atoms with Gasteiger partial charge in [0.2, 0.25) is 5.91 Å². The Bertz CT molecular complexity index is 860. The van der Waals surface area contributed by atoms with Gasteiger partial charge in [-0.05, 0) is 47.9 Å². The Kier molecular flexibility index (Phi) is 6.92. The lowest BCUT2D eigenvalue weighted by Crippen LogP contribution is -2.18. The predicted molar refractivity (Wildman–Crippen MR) is 101 cm³/mol. The van der Waals surface area contributed by atoms with Crippen LogP contribution in [0.1, 0.15) is 41.8 Å². The van der Waals surface area contributed by atoms with E-state index < -0.39 is 17.6 Å². The number of nitrogens with zero attached hydrogens (tertiary/aromatic N) is 1. The third-order valence-electron chi connectivity index (χ3n) is 3.62. The van der Waals surface area contributed by atoms with Crippen LogP contribution in [0.5, 0.6) is 0 Å². The van der Waals surface area contributed by atoms with Crippen molar-refractivity contribution < 1.29 is 22.8 Å². The number of carbonyl (C=O) groups is 2. The lowest BCUT2D eigenvalue weighted by Gasteiger charge is -2.08. The highest BCUT2D eigenvalue weighted by molar-refractivity contribution is 5.96. The molecule has 0 spiro atoms. The molecule has 2 aromatic carbocycles. The first-order chi connectivity index (χ1) is 13.1. The summed E-state index contributed by atoms with van der Waals surface area (Å²) in [7, 11) is 0. The third-order valence-corrected chi connectivity index (χ3v) is 3.62. The monoisotopic (exact) mass is 391 g/mol. The van der Waals surface area contributed by atoms with E-state index in [1.807, 2.05) is 13.8 Å². The summed E-state index contributed by atoms with van der Waals surface area (Å²) in [6.45, 7) is 3.87. The zero-order valence-electron chi connectivity index (χ0n) is 15.4. The van der Waals surface area contributed by atoms with E-state index in [1.54, 1.807) is 12.1 Å². The summed E-state index contributed by atoms with van der Waals surface area (Å²) >= 11 is 0. The van der Waals surface area contributed by atoms with Crippen LogP contribution in [0.4, 0.5) is 18.9 Å². The van der Waals surface area contributed by atoms with E-state index >= 15 is 0 Å². The lowest BCUT2D eigenvalue weighted by molar-refractivity contribution is -0.137. The number of rotatable bonds is 6. The predicted octanol–water partition coefficient (Wildman–Crippen LogP) is 4.45. The van der Waals surface area contributed by atoms with Gasteiger partial charge in [0.05, 0.1) is 11.8 Å². The van der Waals surface area contributed by atoms with E-state index in [0.29, 0.717) is 17.7 Å². The molecule has 148 valence electrons. The quantitative estimate of drug-likeness (QED) is 0.564. The molecule has 5 nitrogen and oxygen atoms in total. The van der Waals surface area contributed by atoms with Crippen LogP contribution in [0.25, 0.3) is 0 Å². The second-order valence-electron chi connectivity index (χ2n) is 6.55. The Morgan fingerprint density at radius 2 is 1.79 bits per heavy atom. The second-order valence-corrected chi connectivity index (χ2v) is 6.55. The number of halogens is 3. The van der Waals surface area contributed by atoms with E-state index in [4.69, 9.17) is 0 Å². The van der Waals surface area contributed by atoms with Crippen LogP contribution in [0, 0.1) is 5.92 Å². The maximum atomic E-state index is 12.7. The second kappa shape index (κ2) is 9.16. The van der Waals surface area contributed by atoms with Gasteiger partial charge in [-0.1, -0.05) is 26.0 Å². The number of carbonyl (C=O) groups excluding carboxylic acids is 2. The maximum Gasteiger partial charge on any atom is 0.416 e. The summed E-state index contributed by atoms with van der Waals surface area (Å²) < 4.78 is 38.0. The molecule has 0 radical (unpaired) electrons. The molecule has 2 rings (SSSR count). The van der Waals surface area contributed by atoms with Gasteiger partial charge in [0, 0.05) is 17.7 Å². The number of anilines is 1. The summed E-state index contributed by atoms with van der Waals surface area (Å²) in [4.78, 5) is 23.8. The molecule has 0 atom stereocenters. The Morgan fingerprint density at radius 3 is 2.39 bits per heavy atom. The molecule has 0 fully saturated rings. The van der Waals surface area contributed by atoms with Gasteiger partial charge >= 0.3 is 6.18 Å². The van der Waals surface area contributed by atoms with Gasteiger partial charge in [-0.25, -0.2) is 5.43 Å². The molecule has 0 saturated carbocycles. The van der Waals surface area contributed by atoms with Crippen molar-refractivity contribution in [3.8, 4) is 0 Å². The molecule has 0 saturated heterocycles. The van der Waals surface area contributed by atoms with E-state index in [0.717, 1.165) is 18.3 Å². The Morgan fingerprint density at radius 1 is 1.11 bits per heavy atom. The smallest absolute Gasteiger partial charge is 0.326 e. The van der Waals surface area contributed by atoms with Crippen LogP contribution in [-0.2, 0) is 11.0 Å². The normalized spacial score (nSPS) is 11.6. The van der Waals surface area contributed by atoms with Gasteiger partial charge in [-0.15, -0.1) is 0 Å². The fourth-order valence-corrected chi connectivity index (χ4v) is 2.31. The van der Waals surface area contributed by atoms with Gasteiger partial charge < -0.3 is 5.32 Å². The molecule has 0 aliphatic carbocycles. The molecule has 0 unspecified atom stereocenters. The zero-order valence-corrected chi connectivity index (χ0v) is 15.4. The SMILES string of the molecule is CC(C)CC(=O)Nc1ccc(C(=O)NN=Cc2cccc(C(F)(F)F)c2)cc1. The van der Waals surface area contributed by atoms with Crippen molar-refractivity contribution in [1.29, 1.82) is 0 Å². The third kappa shape index (κ3) is 6.53. The minimum atomic E-state index is -4.45. The Labute approximate surface area is 160 Å². The average molecular weight is 391 g/mol. The summed E-state index contributed by atoms with van der Waals surface area (Å²) in [6.07, 6.45) is -2.92. The van der Waals surface area contributed by atoms with Crippen LogP contribution >= 0.6 is 0 Å². The van der Waals surface area contributed by atoms with E-state index in [1.165, 1.54) is 24.3 Å². The molecule has 0 bridgehead atoms. The molecule has 0 aliphatic rings. The minimum Gasteiger partial charge on any atom is -0.326 e. The van der Waals surface area contributed by atoms with Crippen molar-refractivity contribution >= 4 is 23.7 Å². The standard InChI is InChI=1S/C20H20F3N3O2/c1-13(2)10-18(27)25-17-8-6-15(7-9-17)19(28)26-24-12-14-4-3-5-16(11-14)20(21,22)23/h3-9,11-13H,10H2,1-2H3,(H,25,27)(H,26,28). The number of hydrogen-bond acceptors (Lipinski definition) is 3. The first-order valence-corrected chi connectivity index (χ1v) is 8.55. The average Bonchev–Trinajstić information content (AvgIpc) is 2.61. The first kappa shape index (κ1) is 21.1. The fraction of sp³-hybridized carbons (Fsp3) is 0.250. The van der Waals surface area contributed by atoms with Crippen LogP contribution in [0.2, 0.25) is 0 Å². The molecular weight excluding hydrogens is 371 g/mol. The topological polar surface area (TPSA) is 70.6 Å². The first-order valence-electron chi connectivity index (χ1n) is 8.55. The number of benzene rings is 2. The van der Waals surface area contributed by atoms with Crippen LogP contribution in [0.3, 0.4) is 0 Å². The number of amides is 2. The largest absolute Gasteiger partial charge is 0.416 e. The van der Waals surface area contributed by atoms with Crippen LogP contribution in [-0.4, -0.2) is 18.0 Å². The van der Waals surface area contributed by atoms with Gasteiger partial charge in [-0.3, -0.25) is 9.59 Å². The van der Waals surface area contributed by atoms with Gasteiger partial charge in [0.1, 0.15) is 0 Å². The molecule has 2 amide bonds. The Hall–Kier alpha value is -3.16. The number of nitrogens with one attached hydrogen (secondary N) is 2. The molecule has 0 heterocycles. The molecule has 28 heavy (non-hydrogen) atoms.